The van der Waals surface area contributed by atoms with Gasteiger partial charge in [0.1, 0.15) is 23.4 Å². The molecule has 2 unspecified atom stereocenters. The molecule has 27 heavy (non-hydrogen) atoms. The lowest BCUT2D eigenvalue weighted by molar-refractivity contribution is -0.137. The van der Waals surface area contributed by atoms with Crippen LogP contribution in [0.15, 0.2) is 66.3 Å². The van der Waals surface area contributed by atoms with Gasteiger partial charge in [-0.2, -0.15) is 0 Å². The molecule has 0 amide bonds. The van der Waals surface area contributed by atoms with Gasteiger partial charge in [-0.05, 0) is 18.2 Å². The van der Waals surface area contributed by atoms with E-state index in [4.69, 9.17) is 14.2 Å². The van der Waals surface area contributed by atoms with E-state index >= 15 is 0 Å². The van der Waals surface area contributed by atoms with Gasteiger partial charge >= 0.3 is 11.9 Å². The van der Waals surface area contributed by atoms with E-state index in [1.54, 1.807) is 24.3 Å². The SMILES string of the molecule is C=C(C(=O)OC)C1OC(c2ccccc2)=C2C(=O)Oc3ccc(F)cc3C21. The zero-order valence-electron chi connectivity index (χ0n) is 14.4. The first-order valence-electron chi connectivity index (χ1n) is 8.26. The number of methoxy groups -OCH3 is 1. The van der Waals surface area contributed by atoms with Crippen LogP contribution in [0.2, 0.25) is 0 Å². The number of fused-ring (bicyclic) bond motifs is 3. The summed E-state index contributed by atoms with van der Waals surface area (Å²) in [5.41, 5.74) is 1.34. The van der Waals surface area contributed by atoms with Crippen molar-refractivity contribution in [3.63, 3.8) is 0 Å². The smallest absolute Gasteiger partial charge is 0.344 e. The number of hydrogen-bond acceptors (Lipinski definition) is 5. The van der Waals surface area contributed by atoms with Crippen molar-refractivity contribution in [2.24, 2.45) is 0 Å². The average Bonchev–Trinajstić information content (AvgIpc) is 3.09. The van der Waals surface area contributed by atoms with Gasteiger partial charge in [-0.25, -0.2) is 14.0 Å². The highest BCUT2D eigenvalue weighted by molar-refractivity contribution is 6.03. The summed E-state index contributed by atoms with van der Waals surface area (Å²) >= 11 is 0. The van der Waals surface area contributed by atoms with E-state index in [1.165, 1.54) is 25.3 Å². The molecular weight excluding hydrogens is 351 g/mol. The molecule has 0 saturated carbocycles. The Bertz CT molecular complexity index is 993. The molecule has 0 aliphatic carbocycles. The van der Waals surface area contributed by atoms with Gasteiger partial charge in [0.25, 0.3) is 0 Å². The summed E-state index contributed by atoms with van der Waals surface area (Å²) in [7, 11) is 1.23. The maximum atomic E-state index is 13.9. The number of carbonyl (C=O) groups is 2. The van der Waals surface area contributed by atoms with Gasteiger partial charge < -0.3 is 14.2 Å². The topological polar surface area (TPSA) is 61.8 Å². The molecule has 2 aliphatic rings. The Kier molecular flexibility index (Phi) is 4.03. The largest absolute Gasteiger partial charge is 0.483 e. The Hall–Kier alpha value is -3.41. The second-order valence-corrected chi connectivity index (χ2v) is 6.21. The van der Waals surface area contributed by atoms with Crippen LogP contribution in [-0.2, 0) is 19.1 Å². The summed E-state index contributed by atoms with van der Waals surface area (Å²) in [5, 5.41) is 0. The molecule has 2 heterocycles. The molecule has 136 valence electrons. The Morgan fingerprint density at radius 1 is 1.19 bits per heavy atom. The molecule has 2 aromatic rings. The highest BCUT2D eigenvalue weighted by atomic mass is 19.1. The number of carbonyl (C=O) groups excluding carboxylic acids is 2. The monoisotopic (exact) mass is 366 g/mol. The zero-order valence-corrected chi connectivity index (χ0v) is 14.4. The van der Waals surface area contributed by atoms with Gasteiger partial charge in [-0.3, -0.25) is 0 Å². The van der Waals surface area contributed by atoms with E-state index in [1.807, 2.05) is 6.07 Å². The van der Waals surface area contributed by atoms with Crippen LogP contribution in [0.3, 0.4) is 0 Å². The lowest BCUT2D eigenvalue weighted by Gasteiger charge is -2.26. The van der Waals surface area contributed by atoms with Crippen molar-refractivity contribution in [1.82, 2.24) is 0 Å². The number of rotatable bonds is 3. The summed E-state index contributed by atoms with van der Waals surface area (Å²) in [6, 6.07) is 12.8. The van der Waals surface area contributed by atoms with Gasteiger partial charge in [-0.1, -0.05) is 36.9 Å². The minimum Gasteiger partial charge on any atom is -0.483 e. The maximum Gasteiger partial charge on any atom is 0.344 e. The summed E-state index contributed by atoms with van der Waals surface area (Å²) in [5.74, 6) is -1.95. The number of halogens is 1. The van der Waals surface area contributed by atoms with Crippen LogP contribution in [-0.4, -0.2) is 25.2 Å². The molecule has 2 aliphatic heterocycles. The molecule has 6 heteroatoms. The molecule has 0 radical (unpaired) electrons. The molecule has 2 atom stereocenters. The third-order valence-corrected chi connectivity index (χ3v) is 4.66. The van der Waals surface area contributed by atoms with Crippen molar-refractivity contribution in [2.75, 3.05) is 7.11 Å². The fourth-order valence-corrected chi connectivity index (χ4v) is 3.43. The maximum absolute atomic E-state index is 13.9. The van der Waals surface area contributed by atoms with Gasteiger partial charge in [0.2, 0.25) is 0 Å². The first-order chi connectivity index (χ1) is 13.0. The van der Waals surface area contributed by atoms with Crippen LogP contribution in [0.5, 0.6) is 5.75 Å². The van der Waals surface area contributed by atoms with Crippen molar-refractivity contribution < 1.29 is 28.2 Å². The third-order valence-electron chi connectivity index (χ3n) is 4.66. The van der Waals surface area contributed by atoms with Gasteiger partial charge in [0.05, 0.1) is 24.2 Å². The van der Waals surface area contributed by atoms with E-state index in [2.05, 4.69) is 6.58 Å². The van der Waals surface area contributed by atoms with Crippen LogP contribution < -0.4 is 4.74 Å². The van der Waals surface area contributed by atoms with Crippen LogP contribution in [0.25, 0.3) is 5.76 Å². The summed E-state index contributed by atoms with van der Waals surface area (Å²) < 4.78 is 30.0. The average molecular weight is 366 g/mol. The van der Waals surface area contributed by atoms with Crippen LogP contribution >= 0.6 is 0 Å². The fourth-order valence-electron chi connectivity index (χ4n) is 3.43. The predicted octanol–water partition coefficient (Wildman–Crippen LogP) is 3.37. The van der Waals surface area contributed by atoms with E-state index in [0.717, 1.165) is 0 Å². The summed E-state index contributed by atoms with van der Waals surface area (Å²) in [6.45, 7) is 3.77. The first kappa shape index (κ1) is 17.0. The normalized spacial score (nSPS) is 20.3. The number of ether oxygens (including phenoxy) is 3. The second kappa shape index (κ2) is 6.39. The molecular formula is C21H15FO5. The van der Waals surface area contributed by atoms with Crippen molar-refractivity contribution in [2.45, 2.75) is 12.0 Å². The Morgan fingerprint density at radius 3 is 2.63 bits per heavy atom. The fraction of sp³-hybridized carbons (Fsp3) is 0.143. The lowest BCUT2D eigenvalue weighted by Crippen LogP contribution is -2.30. The molecule has 0 bridgehead atoms. The number of esters is 2. The molecule has 4 rings (SSSR count). The van der Waals surface area contributed by atoms with Crippen molar-refractivity contribution in [3.05, 3.63) is 83.2 Å². The lowest BCUT2D eigenvalue weighted by atomic mass is 9.82. The molecule has 0 N–H and O–H groups in total. The van der Waals surface area contributed by atoms with Gasteiger partial charge in [0.15, 0.2) is 0 Å². The van der Waals surface area contributed by atoms with E-state index in [0.29, 0.717) is 11.1 Å². The molecule has 0 saturated heterocycles. The van der Waals surface area contributed by atoms with Crippen LogP contribution in [0.4, 0.5) is 4.39 Å². The summed E-state index contributed by atoms with van der Waals surface area (Å²) in [4.78, 5) is 24.8. The van der Waals surface area contributed by atoms with Crippen LogP contribution in [0.1, 0.15) is 17.0 Å². The van der Waals surface area contributed by atoms with Crippen molar-refractivity contribution >= 4 is 17.7 Å². The van der Waals surface area contributed by atoms with E-state index in [9.17, 15) is 14.0 Å². The Morgan fingerprint density at radius 2 is 1.93 bits per heavy atom. The first-order valence-corrected chi connectivity index (χ1v) is 8.26. The molecule has 0 fully saturated rings. The second-order valence-electron chi connectivity index (χ2n) is 6.21. The molecule has 2 aromatic carbocycles. The predicted molar refractivity (Wildman–Crippen MR) is 94.2 cm³/mol. The minimum atomic E-state index is -0.906. The zero-order chi connectivity index (χ0) is 19.1. The van der Waals surface area contributed by atoms with Gasteiger partial charge in [0, 0.05) is 11.1 Å². The highest BCUT2D eigenvalue weighted by Gasteiger charge is 2.49. The van der Waals surface area contributed by atoms with Crippen molar-refractivity contribution in [1.29, 1.82) is 0 Å². The van der Waals surface area contributed by atoms with E-state index < -0.39 is 29.8 Å². The van der Waals surface area contributed by atoms with Crippen LogP contribution in [0, 0.1) is 5.82 Å². The number of hydrogen-bond donors (Lipinski definition) is 0. The molecule has 0 aromatic heterocycles. The Labute approximate surface area is 154 Å². The number of benzene rings is 2. The quantitative estimate of drug-likeness (QED) is 0.474. The third kappa shape index (κ3) is 2.70. The Balaban J connectivity index is 1.92. The standard InChI is InChI=1S/C21H15FO5/c1-11(20(23)25-2)18-16-14-10-13(22)8-9-15(14)26-21(24)17(16)19(27-18)12-6-4-3-5-7-12/h3-10,16,18H,1H2,2H3. The van der Waals surface area contributed by atoms with Crippen molar-refractivity contribution in [3.8, 4) is 5.75 Å². The highest BCUT2D eigenvalue weighted by Crippen LogP contribution is 2.50. The molecule has 5 nitrogen and oxygen atoms in total. The minimum absolute atomic E-state index is 0.0378. The molecule has 0 spiro atoms. The summed E-state index contributed by atoms with van der Waals surface area (Å²) in [6.07, 6.45) is -0.906. The van der Waals surface area contributed by atoms with E-state index in [-0.39, 0.29) is 22.7 Å². The van der Waals surface area contributed by atoms with Gasteiger partial charge in [-0.15, -0.1) is 0 Å².